The highest BCUT2D eigenvalue weighted by atomic mass is 16.5. The zero-order valence-electron chi connectivity index (χ0n) is 12.4. The van der Waals surface area contributed by atoms with Gasteiger partial charge in [0.25, 0.3) is 0 Å². The van der Waals surface area contributed by atoms with E-state index in [2.05, 4.69) is 49.4 Å². The molecule has 2 N–H and O–H groups in total. The number of benzene rings is 2. The zero-order valence-corrected chi connectivity index (χ0v) is 12.4. The molecule has 0 saturated heterocycles. The van der Waals surface area contributed by atoms with Gasteiger partial charge in [-0.15, -0.1) is 0 Å². The standard InChI is InChI=1S/C19H21NO/c1-12-6-9-18-16(10-12)17(20)11-19(21-18)15-5-3-2-4-14(15)13-7-8-13/h2-6,9-10,13,17,19H,7-8,11,20H2,1H3/t17-,19?/m1/s1. The van der Waals surface area contributed by atoms with Crippen LogP contribution >= 0.6 is 0 Å². The molecule has 2 heteroatoms. The molecule has 2 aromatic carbocycles. The molecule has 4 rings (SSSR count). The van der Waals surface area contributed by atoms with E-state index in [-0.39, 0.29) is 12.1 Å². The summed E-state index contributed by atoms with van der Waals surface area (Å²) in [4.78, 5) is 0. The normalized spacial score (nSPS) is 24.3. The average Bonchev–Trinajstić information content (AvgIpc) is 3.32. The molecule has 2 aromatic rings. The van der Waals surface area contributed by atoms with E-state index in [1.54, 1.807) is 0 Å². The van der Waals surface area contributed by atoms with E-state index < -0.39 is 0 Å². The fourth-order valence-corrected chi connectivity index (χ4v) is 3.38. The van der Waals surface area contributed by atoms with Crippen LogP contribution in [0, 0.1) is 6.92 Å². The number of ether oxygens (including phenoxy) is 1. The Morgan fingerprint density at radius 2 is 1.76 bits per heavy atom. The molecule has 0 amide bonds. The molecule has 1 fully saturated rings. The summed E-state index contributed by atoms with van der Waals surface area (Å²) in [6, 6.07) is 15.1. The van der Waals surface area contributed by atoms with Crippen molar-refractivity contribution in [3.8, 4) is 5.75 Å². The molecule has 0 radical (unpaired) electrons. The molecule has 0 aromatic heterocycles. The van der Waals surface area contributed by atoms with Gasteiger partial charge in [-0.3, -0.25) is 0 Å². The molecule has 21 heavy (non-hydrogen) atoms. The third-order valence-corrected chi connectivity index (χ3v) is 4.66. The van der Waals surface area contributed by atoms with Crippen LogP contribution in [0.5, 0.6) is 5.75 Å². The van der Waals surface area contributed by atoms with Crippen molar-refractivity contribution >= 4 is 0 Å². The first-order valence-electron chi connectivity index (χ1n) is 7.84. The molecule has 2 nitrogen and oxygen atoms in total. The second kappa shape index (κ2) is 4.88. The van der Waals surface area contributed by atoms with Crippen molar-refractivity contribution in [2.24, 2.45) is 5.73 Å². The van der Waals surface area contributed by atoms with Gasteiger partial charge in [-0.1, -0.05) is 42.0 Å². The van der Waals surface area contributed by atoms with E-state index >= 15 is 0 Å². The summed E-state index contributed by atoms with van der Waals surface area (Å²) in [7, 11) is 0. The maximum atomic E-state index is 6.40. The monoisotopic (exact) mass is 279 g/mol. The quantitative estimate of drug-likeness (QED) is 0.884. The summed E-state index contributed by atoms with van der Waals surface area (Å²) < 4.78 is 6.28. The van der Waals surface area contributed by atoms with Crippen molar-refractivity contribution in [1.29, 1.82) is 0 Å². The van der Waals surface area contributed by atoms with Crippen LogP contribution in [0.3, 0.4) is 0 Å². The van der Waals surface area contributed by atoms with Crippen LogP contribution in [0.15, 0.2) is 42.5 Å². The number of hydrogen-bond acceptors (Lipinski definition) is 2. The summed E-state index contributed by atoms with van der Waals surface area (Å²) in [5.74, 6) is 1.69. The molecule has 0 spiro atoms. The smallest absolute Gasteiger partial charge is 0.126 e. The Bertz CT molecular complexity index is 675. The lowest BCUT2D eigenvalue weighted by atomic mass is 9.89. The summed E-state index contributed by atoms with van der Waals surface area (Å²) in [5.41, 5.74) is 11.6. The first-order valence-corrected chi connectivity index (χ1v) is 7.84. The van der Waals surface area contributed by atoms with Crippen LogP contribution in [0.25, 0.3) is 0 Å². The van der Waals surface area contributed by atoms with Crippen molar-refractivity contribution in [3.63, 3.8) is 0 Å². The van der Waals surface area contributed by atoms with Crippen LogP contribution in [-0.2, 0) is 0 Å². The highest BCUT2D eigenvalue weighted by Crippen LogP contribution is 2.46. The number of rotatable bonds is 2. The maximum absolute atomic E-state index is 6.40. The zero-order chi connectivity index (χ0) is 14.4. The first kappa shape index (κ1) is 12.9. The van der Waals surface area contributed by atoms with Gasteiger partial charge in [0.1, 0.15) is 11.9 Å². The summed E-state index contributed by atoms with van der Waals surface area (Å²) >= 11 is 0. The molecule has 1 aliphatic carbocycles. The van der Waals surface area contributed by atoms with Crippen LogP contribution in [-0.4, -0.2) is 0 Å². The van der Waals surface area contributed by atoms with E-state index in [0.29, 0.717) is 0 Å². The highest BCUT2D eigenvalue weighted by molar-refractivity contribution is 5.43. The van der Waals surface area contributed by atoms with Gasteiger partial charge in [-0.2, -0.15) is 0 Å². The predicted molar refractivity (Wildman–Crippen MR) is 84.5 cm³/mol. The molecule has 108 valence electrons. The van der Waals surface area contributed by atoms with Gasteiger partial charge >= 0.3 is 0 Å². The third-order valence-electron chi connectivity index (χ3n) is 4.66. The van der Waals surface area contributed by atoms with Gasteiger partial charge in [-0.05, 0) is 42.9 Å². The minimum atomic E-state index is 0.0610. The lowest BCUT2D eigenvalue weighted by Crippen LogP contribution is -2.24. The van der Waals surface area contributed by atoms with E-state index in [9.17, 15) is 0 Å². The van der Waals surface area contributed by atoms with Crippen LogP contribution < -0.4 is 10.5 Å². The maximum Gasteiger partial charge on any atom is 0.126 e. The first-order chi connectivity index (χ1) is 10.2. The SMILES string of the molecule is Cc1ccc2c(c1)[C@H](N)CC(c1ccccc1C1CC1)O2. The molecule has 1 saturated carbocycles. The lowest BCUT2D eigenvalue weighted by Gasteiger charge is -2.32. The van der Waals surface area contributed by atoms with Gasteiger partial charge in [0.05, 0.1) is 0 Å². The van der Waals surface area contributed by atoms with Crippen LogP contribution in [0.1, 0.15) is 59.6 Å². The van der Waals surface area contributed by atoms with E-state index in [1.165, 1.54) is 29.5 Å². The van der Waals surface area contributed by atoms with E-state index in [0.717, 1.165) is 23.7 Å². The Balaban J connectivity index is 1.71. The fourth-order valence-electron chi connectivity index (χ4n) is 3.38. The molecular formula is C19H21NO. The van der Waals surface area contributed by atoms with Crippen molar-refractivity contribution < 1.29 is 4.74 Å². The second-order valence-electron chi connectivity index (χ2n) is 6.39. The second-order valence-corrected chi connectivity index (χ2v) is 6.39. The van der Waals surface area contributed by atoms with Crippen molar-refractivity contribution in [3.05, 3.63) is 64.7 Å². The van der Waals surface area contributed by atoms with Gasteiger partial charge in [0.2, 0.25) is 0 Å². The van der Waals surface area contributed by atoms with Crippen LogP contribution in [0.2, 0.25) is 0 Å². The van der Waals surface area contributed by atoms with E-state index in [4.69, 9.17) is 10.5 Å². The molecule has 1 aliphatic heterocycles. The molecule has 0 bridgehead atoms. The van der Waals surface area contributed by atoms with E-state index in [1.807, 2.05) is 0 Å². The Morgan fingerprint density at radius 3 is 2.52 bits per heavy atom. The van der Waals surface area contributed by atoms with Crippen molar-refractivity contribution in [2.75, 3.05) is 0 Å². The number of hydrogen-bond donors (Lipinski definition) is 1. The Hall–Kier alpha value is -1.80. The molecule has 2 atom stereocenters. The lowest BCUT2D eigenvalue weighted by molar-refractivity contribution is 0.160. The summed E-state index contributed by atoms with van der Waals surface area (Å²) in [6.07, 6.45) is 3.57. The summed E-state index contributed by atoms with van der Waals surface area (Å²) in [6.45, 7) is 2.10. The topological polar surface area (TPSA) is 35.2 Å². The average molecular weight is 279 g/mol. The molecular weight excluding hydrogens is 258 g/mol. The van der Waals surface area contributed by atoms with Gasteiger partial charge in [-0.25, -0.2) is 0 Å². The fraction of sp³-hybridized carbons (Fsp3) is 0.368. The van der Waals surface area contributed by atoms with Gasteiger partial charge < -0.3 is 10.5 Å². The predicted octanol–water partition coefficient (Wildman–Crippen LogP) is 4.40. The summed E-state index contributed by atoms with van der Waals surface area (Å²) in [5, 5.41) is 0. The highest BCUT2D eigenvalue weighted by Gasteiger charge is 2.32. The van der Waals surface area contributed by atoms with Crippen molar-refractivity contribution in [1.82, 2.24) is 0 Å². The number of nitrogens with two attached hydrogens (primary N) is 1. The molecule has 1 heterocycles. The Kier molecular flexibility index (Phi) is 3.00. The Morgan fingerprint density at radius 1 is 1.00 bits per heavy atom. The minimum Gasteiger partial charge on any atom is -0.485 e. The van der Waals surface area contributed by atoms with Gasteiger partial charge in [0, 0.05) is 18.0 Å². The Labute approximate surface area is 125 Å². The molecule has 1 unspecified atom stereocenters. The van der Waals surface area contributed by atoms with Crippen molar-refractivity contribution in [2.45, 2.75) is 44.2 Å². The largest absolute Gasteiger partial charge is 0.485 e. The number of fused-ring (bicyclic) bond motifs is 1. The molecule has 2 aliphatic rings. The third kappa shape index (κ3) is 2.34. The van der Waals surface area contributed by atoms with Gasteiger partial charge in [0.15, 0.2) is 0 Å². The minimum absolute atomic E-state index is 0.0610. The van der Waals surface area contributed by atoms with Crippen LogP contribution in [0.4, 0.5) is 0 Å². The number of aryl methyl sites for hydroxylation is 1.